The highest BCUT2D eigenvalue weighted by Crippen LogP contribution is 2.23. The fraction of sp³-hybridized carbons (Fsp3) is 0.923. The van der Waals surface area contributed by atoms with Crippen molar-refractivity contribution in [1.82, 2.24) is 10.6 Å². The lowest BCUT2D eigenvalue weighted by atomic mass is 9.89. The Labute approximate surface area is 104 Å². The minimum absolute atomic E-state index is 0.176. The molecule has 1 aliphatic rings. The van der Waals surface area contributed by atoms with Crippen LogP contribution >= 0.6 is 0 Å². The van der Waals surface area contributed by atoms with Gasteiger partial charge in [-0.05, 0) is 32.7 Å². The van der Waals surface area contributed by atoms with Crippen molar-refractivity contribution in [2.75, 3.05) is 13.2 Å². The maximum Gasteiger partial charge on any atom is 0.220 e. The summed E-state index contributed by atoms with van der Waals surface area (Å²) >= 11 is 0. The average Bonchev–Trinajstić information content (AvgIpc) is 2.21. The van der Waals surface area contributed by atoms with Gasteiger partial charge in [0.2, 0.25) is 5.91 Å². The quantitative estimate of drug-likeness (QED) is 0.633. The van der Waals surface area contributed by atoms with Crippen LogP contribution in [-0.4, -0.2) is 37.2 Å². The second kappa shape index (κ2) is 7.67. The first-order chi connectivity index (χ1) is 8.11. The van der Waals surface area contributed by atoms with Crippen molar-refractivity contribution in [3.05, 3.63) is 0 Å². The van der Waals surface area contributed by atoms with Gasteiger partial charge in [-0.25, -0.2) is 0 Å². The molecule has 1 fully saturated rings. The Morgan fingerprint density at radius 3 is 2.71 bits per heavy atom. The SMILES string of the molecule is CCOC1CC(NC(=O)CCCNC(C)C)C1. The zero-order chi connectivity index (χ0) is 12.7. The Morgan fingerprint density at radius 2 is 2.12 bits per heavy atom. The van der Waals surface area contributed by atoms with Crippen LogP contribution < -0.4 is 10.6 Å². The molecule has 100 valence electrons. The van der Waals surface area contributed by atoms with Crippen LogP contribution in [0.2, 0.25) is 0 Å². The van der Waals surface area contributed by atoms with E-state index in [1.807, 2.05) is 6.92 Å². The summed E-state index contributed by atoms with van der Waals surface area (Å²) in [6, 6.07) is 0.841. The van der Waals surface area contributed by atoms with Crippen molar-refractivity contribution in [2.24, 2.45) is 0 Å². The number of carbonyl (C=O) groups is 1. The Hall–Kier alpha value is -0.610. The molecular weight excluding hydrogens is 216 g/mol. The average molecular weight is 242 g/mol. The molecular formula is C13H26N2O2. The van der Waals surface area contributed by atoms with Gasteiger partial charge in [0.1, 0.15) is 0 Å². The number of hydrogen-bond donors (Lipinski definition) is 2. The molecule has 17 heavy (non-hydrogen) atoms. The molecule has 4 heteroatoms. The summed E-state index contributed by atoms with van der Waals surface area (Å²) in [5, 5.41) is 6.35. The molecule has 0 radical (unpaired) electrons. The van der Waals surface area contributed by atoms with Gasteiger partial charge in [0, 0.05) is 25.1 Å². The van der Waals surface area contributed by atoms with E-state index < -0.39 is 0 Å². The summed E-state index contributed by atoms with van der Waals surface area (Å²) in [4.78, 5) is 11.6. The van der Waals surface area contributed by atoms with E-state index in [4.69, 9.17) is 4.74 Å². The number of carbonyl (C=O) groups excluding carboxylic acids is 1. The third-order valence-corrected chi connectivity index (χ3v) is 3.00. The lowest BCUT2D eigenvalue weighted by Gasteiger charge is -2.35. The van der Waals surface area contributed by atoms with E-state index in [0.29, 0.717) is 24.6 Å². The lowest BCUT2D eigenvalue weighted by molar-refractivity contribution is -0.123. The van der Waals surface area contributed by atoms with Crippen LogP contribution in [0, 0.1) is 0 Å². The highest BCUT2D eigenvalue weighted by molar-refractivity contribution is 5.76. The molecule has 1 saturated carbocycles. The maximum absolute atomic E-state index is 11.6. The second-order valence-electron chi connectivity index (χ2n) is 5.03. The van der Waals surface area contributed by atoms with E-state index in [0.717, 1.165) is 32.4 Å². The Bertz CT molecular complexity index is 225. The normalized spacial score (nSPS) is 23.5. The molecule has 4 nitrogen and oxygen atoms in total. The standard InChI is InChI=1S/C13H26N2O2/c1-4-17-12-8-11(9-12)15-13(16)6-5-7-14-10(2)3/h10-12,14H,4-9H2,1-3H3,(H,15,16). The number of amides is 1. The van der Waals surface area contributed by atoms with Crippen LogP contribution in [-0.2, 0) is 9.53 Å². The highest BCUT2D eigenvalue weighted by atomic mass is 16.5. The first-order valence-electron chi connectivity index (χ1n) is 6.76. The molecule has 2 N–H and O–H groups in total. The Balaban J connectivity index is 1.96. The Morgan fingerprint density at radius 1 is 1.41 bits per heavy atom. The maximum atomic E-state index is 11.6. The molecule has 1 amide bonds. The summed E-state index contributed by atoms with van der Waals surface area (Å²) in [6.45, 7) is 7.92. The van der Waals surface area contributed by atoms with Crippen LogP contribution in [0.4, 0.5) is 0 Å². The van der Waals surface area contributed by atoms with E-state index in [1.54, 1.807) is 0 Å². The summed E-state index contributed by atoms with van der Waals surface area (Å²) in [5.41, 5.74) is 0. The molecule has 0 aromatic heterocycles. The Kier molecular flexibility index (Phi) is 6.52. The summed E-state index contributed by atoms with van der Waals surface area (Å²) in [6.07, 6.45) is 3.85. The van der Waals surface area contributed by atoms with Gasteiger partial charge in [0.15, 0.2) is 0 Å². The van der Waals surface area contributed by atoms with Crippen LogP contribution in [0.3, 0.4) is 0 Å². The van der Waals surface area contributed by atoms with Gasteiger partial charge in [-0.3, -0.25) is 4.79 Å². The molecule has 1 rings (SSSR count). The van der Waals surface area contributed by atoms with Gasteiger partial charge in [-0.1, -0.05) is 13.8 Å². The van der Waals surface area contributed by atoms with E-state index in [2.05, 4.69) is 24.5 Å². The highest BCUT2D eigenvalue weighted by Gasteiger charge is 2.30. The predicted molar refractivity (Wildman–Crippen MR) is 69.0 cm³/mol. The fourth-order valence-electron chi connectivity index (χ4n) is 1.99. The topological polar surface area (TPSA) is 50.4 Å². The molecule has 0 aromatic carbocycles. The van der Waals surface area contributed by atoms with E-state index >= 15 is 0 Å². The van der Waals surface area contributed by atoms with Crippen molar-refractivity contribution in [2.45, 2.75) is 64.6 Å². The van der Waals surface area contributed by atoms with Crippen molar-refractivity contribution in [3.8, 4) is 0 Å². The molecule has 0 bridgehead atoms. The largest absolute Gasteiger partial charge is 0.378 e. The summed E-state index contributed by atoms with van der Waals surface area (Å²) < 4.78 is 5.45. The molecule has 0 aliphatic heterocycles. The zero-order valence-corrected chi connectivity index (χ0v) is 11.3. The third-order valence-electron chi connectivity index (χ3n) is 3.00. The van der Waals surface area contributed by atoms with E-state index in [-0.39, 0.29) is 5.91 Å². The van der Waals surface area contributed by atoms with Crippen LogP contribution in [0.25, 0.3) is 0 Å². The molecule has 0 atom stereocenters. The number of ether oxygens (including phenoxy) is 1. The van der Waals surface area contributed by atoms with Gasteiger partial charge >= 0.3 is 0 Å². The number of rotatable bonds is 8. The van der Waals surface area contributed by atoms with Crippen LogP contribution in [0.1, 0.15) is 46.5 Å². The zero-order valence-electron chi connectivity index (χ0n) is 11.3. The minimum atomic E-state index is 0.176. The molecule has 0 heterocycles. The van der Waals surface area contributed by atoms with Gasteiger partial charge in [0.25, 0.3) is 0 Å². The van der Waals surface area contributed by atoms with Gasteiger partial charge in [0.05, 0.1) is 6.10 Å². The van der Waals surface area contributed by atoms with Crippen LogP contribution in [0.5, 0.6) is 0 Å². The van der Waals surface area contributed by atoms with Crippen molar-refractivity contribution in [3.63, 3.8) is 0 Å². The molecule has 0 unspecified atom stereocenters. The third kappa shape index (κ3) is 6.03. The van der Waals surface area contributed by atoms with Gasteiger partial charge < -0.3 is 15.4 Å². The first-order valence-corrected chi connectivity index (χ1v) is 6.76. The second-order valence-corrected chi connectivity index (χ2v) is 5.03. The smallest absolute Gasteiger partial charge is 0.220 e. The summed E-state index contributed by atoms with van der Waals surface area (Å²) in [7, 11) is 0. The first kappa shape index (κ1) is 14.5. The molecule has 1 aliphatic carbocycles. The number of hydrogen-bond acceptors (Lipinski definition) is 3. The molecule has 0 spiro atoms. The van der Waals surface area contributed by atoms with Crippen molar-refractivity contribution >= 4 is 5.91 Å². The van der Waals surface area contributed by atoms with Gasteiger partial charge in [-0.2, -0.15) is 0 Å². The van der Waals surface area contributed by atoms with Crippen molar-refractivity contribution < 1.29 is 9.53 Å². The van der Waals surface area contributed by atoms with Gasteiger partial charge in [-0.15, -0.1) is 0 Å². The minimum Gasteiger partial charge on any atom is -0.378 e. The molecule has 0 saturated heterocycles. The fourth-order valence-corrected chi connectivity index (χ4v) is 1.99. The summed E-state index contributed by atoms with van der Waals surface area (Å²) in [5.74, 6) is 0.176. The van der Waals surface area contributed by atoms with E-state index in [9.17, 15) is 4.79 Å². The predicted octanol–water partition coefficient (Wildman–Crippen LogP) is 1.45. The van der Waals surface area contributed by atoms with Crippen molar-refractivity contribution in [1.29, 1.82) is 0 Å². The monoisotopic (exact) mass is 242 g/mol. The van der Waals surface area contributed by atoms with Crippen LogP contribution in [0.15, 0.2) is 0 Å². The lowest BCUT2D eigenvalue weighted by Crippen LogP contribution is -2.47. The molecule has 0 aromatic rings. The van der Waals surface area contributed by atoms with E-state index in [1.165, 1.54) is 0 Å². The number of nitrogens with one attached hydrogen (secondary N) is 2.